The highest BCUT2D eigenvalue weighted by Crippen LogP contribution is 2.23. The van der Waals surface area contributed by atoms with Crippen molar-refractivity contribution in [3.05, 3.63) is 97.5 Å². The quantitative estimate of drug-likeness (QED) is 0.471. The Morgan fingerprint density at radius 3 is 2.42 bits per heavy atom. The summed E-state index contributed by atoms with van der Waals surface area (Å²) in [6, 6.07) is 18.4. The van der Waals surface area contributed by atoms with E-state index in [9.17, 15) is 14.4 Å². The second kappa shape index (κ2) is 8.61. The first kappa shape index (κ1) is 20.6. The van der Waals surface area contributed by atoms with Crippen LogP contribution in [0.4, 0.5) is 5.69 Å². The molecule has 158 valence electrons. The Hall–Kier alpha value is -3.65. The highest BCUT2D eigenvalue weighted by Gasteiger charge is 2.19. The minimum Gasteiger partial charge on any atom is -0.457 e. The van der Waals surface area contributed by atoms with Gasteiger partial charge in [-0.3, -0.25) is 13.9 Å². The fourth-order valence-corrected chi connectivity index (χ4v) is 4.28. The van der Waals surface area contributed by atoms with Gasteiger partial charge in [-0.1, -0.05) is 42.5 Å². The van der Waals surface area contributed by atoms with Gasteiger partial charge in [0.15, 0.2) is 0 Å². The van der Waals surface area contributed by atoms with Gasteiger partial charge in [-0.15, -0.1) is 11.3 Å². The molecular weight excluding hydrogens is 414 g/mol. The molecule has 0 atom stereocenters. The molecule has 0 fully saturated rings. The fraction of sp³-hybridized carbons (Fsp3) is 0.174. The average Bonchev–Trinajstić information content (AvgIpc) is 3.26. The Balaban J connectivity index is 1.65. The third-order valence-electron chi connectivity index (χ3n) is 5.01. The Bertz CT molecular complexity index is 1350. The summed E-state index contributed by atoms with van der Waals surface area (Å²) in [6.45, 7) is 0.286. The number of fused-ring (bicyclic) bond motifs is 1. The number of nitrogens with zero attached hydrogens (tertiary/aromatic N) is 2. The predicted molar refractivity (Wildman–Crippen MR) is 122 cm³/mol. The minimum absolute atomic E-state index is 0.139. The van der Waals surface area contributed by atoms with Gasteiger partial charge in [-0.05, 0) is 29.3 Å². The summed E-state index contributed by atoms with van der Waals surface area (Å²) in [5, 5.41) is 3.36. The lowest BCUT2D eigenvalue weighted by Gasteiger charge is -2.09. The summed E-state index contributed by atoms with van der Waals surface area (Å²) in [7, 11) is 3.42. The molecule has 0 saturated heterocycles. The van der Waals surface area contributed by atoms with Crippen LogP contribution < -0.4 is 16.6 Å². The molecule has 4 aromatic rings. The van der Waals surface area contributed by atoms with E-state index in [1.54, 1.807) is 7.05 Å². The number of hydrogen-bond donors (Lipinski definition) is 1. The third-order valence-corrected chi connectivity index (χ3v) is 6.20. The van der Waals surface area contributed by atoms with Gasteiger partial charge >= 0.3 is 11.7 Å². The summed E-state index contributed by atoms with van der Waals surface area (Å²) in [5.74, 6) is -0.522. The number of carbonyl (C=O) groups excluding carboxylic acids is 1. The molecule has 1 N–H and O–H groups in total. The number of carbonyl (C=O) groups is 1. The SMILES string of the molecule is CNc1ccc(Cn2c(=O)c3cc(C(=O)OCc4ccccc4)sc3n(C)c2=O)cc1. The molecule has 0 saturated carbocycles. The minimum atomic E-state index is -0.522. The van der Waals surface area contributed by atoms with Crippen LogP contribution in [0.1, 0.15) is 20.8 Å². The second-order valence-corrected chi connectivity index (χ2v) is 8.10. The first-order chi connectivity index (χ1) is 15.0. The highest BCUT2D eigenvalue weighted by molar-refractivity contribution is 7.20. The van der Waals surface area contributed by atoms with Crippen LogP contribution in [0.25, 0.3) is 10.2 Å². The van der Waals surface area contributed by atoms with Crippen molar-refractivity contribution < 1.29 is 9.53 Å². The summed E-state index contributed by atoms with van der Waals surface area (Å²) in [5.41, 5.74) is 1.79. The number of anilines is 1. The molecule has 0 spiro atoms. The van der Waals surface area contributed by atoms with E-state index in [1.165, 1.54) is 15.2 Å². The molecule has 7 nitrogen and oxygen atoms in total. The molecule has 0 aliphatic heterocycles. The van der Waals surface area contributed by atoms with E-state index < -0.39 is 17.2 Å². The number of hydrogen-bond acceptors (Lipinski definition) is 6. The molecule has 0 aliphatic rings. The maximum atomic E-state index is 13.0. The van der Waals surface area contributed by atoms with E-state index in [1.807, 2.05) is 61.6 Å². The molecule has 2 aromatic carbocycles. The highest BCUT2D eigenvalue weighted by atomic mass is 32.1. The summed E-state index contributed by atoms with van der Waals surface area (Å²) >= 11 is 1.08. The van der Waals surface area contributed by atoms with Crippen LogP contribution in [0.15, 0.2) is 70.3 Å². The maximum absolute atomic E-state index is 13.0. The lowest BCUT2D eigenvalue weighted by molar-refractivity contribution is 0.0478. The summed E-state index contributed by atoms with van der Waals surface area (Å²) < 4.78 is 7.95. The zero-order valence-electron chi connectivity index (χ0n) is 17.1. The van der Waals surface area contributed by atoms with Crippen LogP contribution in [0, 0.1) is 0 Å². The van der Waals surface area contributed by atoms with Gasteiger partial charge in [0.25, 0.3) is 5.56 Å². The van der Waals surface area contributed by atoms with Crippen molar-refractivity contribution in [2.24, 2.45) is 7.05 Å². The topological polar surface area (TPSA) is 82.3 Å². The lowest BCUT2D eigenvalue weighted by atomic mass is 10.2. The van der Waals surface area contributed by atoms with Crippen molar-refractivity contribution in [2.75, 3.05) is 12.4 Å². The van der Waals surface area contributed by atoms with Crippen LogP contribution in [0.3, 0.4) is 0 Å². The van der Waals surface area contributed by atoms with Gasteiger partial charge in [0, 0.05) is 19.8 Å². The van der Waals surface area contributed by atoms with Crippen LogP contribution in [-0.2, 0) is 24.9 Å². The van der Waals surface area contributed by atoms with Gasteiger partial charge in [0.1, 0.15) is 16.3 Å². The standard InChI is InChI=1S/C23H21N3O4S/c1-24-17-10-8-15(9-11-17)13-26-20(27)18-12-19(31-21(18)25(2)23(26)29)22(28)30-14-16-6-4-3-5-7-16/h3-12,24H,13-14H2,1-2H3. The molecule has 0 bridgehead atoms. The average molecular weight is 436 g/mol. The zero-order chi connectivity index (χ0) is 22.0. The molecule has 8 heteroatoms. The summed E-state index contributed by atoms with van der Waals surface area (Å²) in [6.07, 6.45) is 0. The number of rotatable bonds is 6. The van der Waals surface area contributed by atoms with Crippen molar-refractivity contribution in [1.82, 2.24) is 9.13 Å². The van der Waals surface area contributed by atoms with Crippen molar-refractivity contribution in [1.29, 1.82) is 0 Å². The number of aromatic nitrogens is 2. The molecule has 2 heterocycles. The van der Waals surface area contributed by atoms with Crippen LogP contribution >= 0.6 is 11.3 Å². The van der Waals surface area contributed by atoms with E-state index in [-0.39, 0.29) is 18.0 Å². The van der Waals surface area contributed by atoms with E-state index in [2.05, 4.69) is 5.32 Å². The number of nitrogens with one attached hydrogen (secondary N) is 1. The Morgan fingerprint density at radius 1 is 1.03 bits per heavy atom. The monoisotopic (exact) mass is 435 g/mol. The molecular formula is C23H21N3O4S. The number of benzene rings is 2. The van der Waals surface area contributed by atoms with Gasteiger partial charge < -0.3 is 10.1 Å². The molecule has 0 aliphatic carbocycles. The van der Waals surface area contributed by atoms with Gasteiger partial charge in [-0.2, -0.15) is 0 Å². The molecule has 0 radical (unpaired) electrons. The van der Waals surface area contributed by atoms with Crippen LogP contribution in [-0.4, -0.2) is 22.2 Å². The van der Waals surface area contributed by atoms with Crippen molar-refractivity contribution in [3.8, 4) is 0 Å². The van der Waals surface area contributed by atoms with Crippen molar-refractivity contribution in [2.45, 2.75) is 13.2 Å². The first-order valence-electron chi connectivity index (χ1n) is 9.69. The number of esters is 1. The van der Waals surface area contributed by atoms with Crippen molar-refractivity contribution in [3.63, 3.8) is 0 Å². The normalized spacial score (nSPS) is 10.9. The van der Waals surface area contributed by atoms with E-state index >= 15 is 0 Å². The largest absolute Gasteiger partial charge is 0.457 e. The van der Waals surface area contributed by atoms with Gasteiger partial charge in [0.05, 0.1) is 11.9 Å². The smallest absolute Gasteiger partial charge is 0.348 e. The fourth-order valence-electron chi connectivity index (χ4n) is 3.28. The molecule has 0 unspecified atom stereocenters. The van der Waals surface area contributed by atoms with Crippen LogP contribution in [0.2, 0.25) is 0 Å². The molecule has 0 amide bonds. The van der Waals surface area contributed by atoms with E-state index in [4.69, 9.17) is 4.74 Å². The van der Waals surface area contributed by atoms with E-state index in [0.717, 1.165) is 28.2 Å². The van der Waals surface area contributed by atoms with Gasteiger partial charge in [0.2, 0.25) is 0 Å². The second-order valence-electron chi connectivity index (χ2n) is 7.07. The lowest BCUT2D eigenvalue weighted by Crippen LogP contribution is -2.38. The van der Waals surface area contributed by atoms with Gasteiger partial charge in [-0.25, -0.2) is 9.59 Å². The summed E-state index contributed by atoms with van der Waals surface area (Å²) in [4.78, 5) is 39.1. The predicted octanol–water partition coefficient (Wildman–Crippen LogP) is 3.21. The third kappa shape index (κ3) is 4.15. The molecule has 2 aromatic heterocycles. The zero-order valence-corrected chi connectivity index (χ0v) is 17.9. The van der Waals surface area contributed by atoms with Crippen LogP contribution in [0.5, 0.6) is 0 Å². The Morgan fingerprint density at radius 2 is 1.74 bits per heavy atom. The maximum Gasteiger partial charge on any atom is 0.348 e. The number of thiophene rings is 1. The number of ether oxygens (including phenoxy) is 1. The first-order valence-corrected chi connectivity index (χ1v) is 10.5. The molecule has 31 heavy (non-hydrogen) atoms. The Labute approximate surface area is 182 Å². The number of aryl methyl sites for hydroxylation is 1. The molecule has 4 rings (SSSR count). The van der Waals surface area contributed by atoms with Crippen molar-refractivity contribution >= 4 is 33.2 Å². The van der Waals surface area contributed by atoms with E-state index in [0.29, 0.717) is 10.2 Å². The Kier molecular flexibility index (Phi) is 5.73.